The SMILES string of the molecule is O=C(NCc1ccccn1)c1ccc(C(=O)Nc2cccc3cccnc23)cc1. The van der Waals surface area contributed by atoms with Crippen LogP contribution in [0.2, 0.25) is 0 Å². The smallest absolute Gasteiger partial charge is 0.255 e. The molecule has 4 rings (SSSR count). The van der Waals surface area contributed by atoms with Gasteiger partial charge in [-0.1, -0.05) is 24.3 Å². The molecule has 0 atom stereocenters. The predicted octanol–water partition coefficient (Wildman–Crippen LogP) is 3.81. The highest BCUT2D eigenvalue weighted by molar-refractivity contribution is 6.08. The Morgan fingerprint density at radius 1 is 0.724 bits per heavy atom. The van der Waals surface area contributed by atoms with Crippen molar-refractivity contribution in [3.05, 3.63) is 102 Å². The number of pyridine rings is 2. The number of hydrogen-bond acceptors (Lipinski definition) is 4. The quantitative estimate of drug-likeness (QED) is 0.550. The summed E-state index contributed by atoms with van der Waals surface area (Å²) in [4.78, 5) is 33.4. The maximum Gasteiger partial charge on any atom is 0.255 e. The van der Waals surface area contributed by atoms with Crippen LogP contribution in [0.4, 0.5) is 5.69 Å². The summed E-state index contributed by atoms with van der Waals surface area (Å²) in [7, 11) is 0. The number of benzene rings is 2. The fraction of sp³-hybridized carbons (Fsp3) is 0.0435. The highest BCUT2D eigenvalue weighted by Crippen LogP contribution is 2.21. The van der Waals surface area contributed by atoms with Gasteiger partial charge in [0.15, 0.2) is 0 Å². The van der Waals surface area contributed by atoms with E-state index < -0.39 is 0 Å². The van der Waals surface area contributed by atoms with Crippen molar-refractivity contribution >= 4 is 28.4 Å². The van der Waals surface area contributed by atoms with Crippen molar-refractivity contribution < 1.29 is 9.59 Å². The average Bonchev–Trinajstić information content (AvgIpc) is 2.78. The van der Waals surface area contributed by atoms with Crippen LogP contribution in [0.3, 0.4) is 0 Å². The van der Waals surface area contributed by atoms with Crippen molar-refractivity contribution in [1.82, 2.24) is 15.3 Å². The summed E-state index contributed by atoms with van der Waals surface area (Å²) < 4.78 is 0. The van der Waals surface area contributed by atoms with E-state index in [1.54, 1.807) is 36.7 Å². The van der Waals surface area contributed by atoms with Crippen LogP contribution in [-0.4, -0.2) is 21.8 Å². The van der Waals surface area contributed by atoms with Gasteiger partial charge in [0, 0.05) is 28.9 Å². The summed E-state index contributed by atoms with van der Waals surface area (Å²) in [5.41, 5.74) is 3.09. The van der Waals surface area contributed by atoms with Crippen LogP contribution in [0.25, 0.3) is 10.9 Å². The lowest BCUT2D eigenvalue weighted by molar-refractivity contribution is 0.0948. The molecule has 29 heavy (non-hydrogen) atoms. The van der Waals surface area contributed by atoms with Crippen molar-refractivity contribution in [2.75, 3.05) is 5.32 Å². The number of amides is 2. The first-order chi connectivity index (χ1) is 14.2. The number of hydrogen-bond donors (Lipinski definition) is 2. The number of carbonyl (C=O) groups excluding carboxylic acids is 2. The van der Waals surface area contributed by atoms with E-state index in [1.807, 2.05) is 48.5 Å². The zero-order valence-electron chi connectivity index (χ0n) is 15.5. The molecule has 0 radical (unpaired) electrons. The molecule has 2 N–H and O–H groups in total. The first-order valence-electron chi connectivity index (χ1n) is 9.14. The Bertz CT molecular complexity index is 1150. The summed E-state index contributed by atoms with van der Waals surface area (Å²) in [5, 5.41) is 6.65. The summed E-state index contributed by atoms with van der Waals surface area (Å²) in [5.74, 6) is -0.482. The molecule has 0 fully saturated rings. The maximum atomic E-state index is 12.6. The highest BCUT2D eigenvalue weighted by Gasteiger charge is 2.11. The van der Waals surface area contributed by atoms with Crippen LogP contribution in [0.15, 0.2) is 85.2 Å². The molecule has 4 aromatic rings. The second kappa shape index (κ2) is 8.31. The van der Waals surface area contributed by atoms with E-state index in [1.165, 1.54) is 0 Å². The number of rotatable bonds is 5. The molecular formula is C23H18N4O2. The van der Waals surface area contributed by atoms with Crippen molar-refractivity contribution in [2.24, 2.45) is 0 Å². The Labute approximate surface area is 167 Å². The van der Waals surface area contributed by atoms with E-state index in [0.29, 0.717) is 23.4 Å². The van der Waals surface area contributed by atoms with Gasteiger partial charge in [0.05, 0.1) is 23.4 Å². The molecule has 0 bridgehead atoms. The molecule has 0 saturated heterocycles. The lowest BCUT2D eigenvalue weighted by Crippen LogP contribution is -2.23. The van der Waals surface area contributed by atoms with Crippen LogP contribution in [0, 0.1) is 0 Å². The van der Waals surface area contributed by atoms with Gasteiger partial charge in [0.25, 0.3) is 11.8 Å². The molecule has 0 aliphatic carbocycles. The van der Waals surface area contributed by atoms with E-state index in [4.69, 9.17) is 0 Å². The fourth-order valence-electron chi connectivity index (χ4n) is 2.95. The predicted molar refractivity (Wildman–Crippen MR) is 112 cm³/mol. The molecule has 0 unspecified atom stereocenters. The van der Waals surface area contributed by atoms with Crippen LogP contribution < -0.4 is 10.6 Å². The molecule has 2 aromatic carbocycles. The van der Waals surface area contributed by atoms with E-state index in [0.717, 1.165) is 16.6 Å². The Balaban J connectivity index is 1.43. The standard InChI is InChI=1S/C23H18N4O2/c28-22(26-15-19-7-1-2-13-24-19)17-9-11-18(12-10-17)23(29)27-20-8-3-5-16-6-4-14-25-21(16)20/h1-14H,15H2,(H,26,28)(H,27,29). The van der Waals surface area contributed by atoms with Gasteiger partial charge in [0.2, 0.25) is 0 Å². The van der Waals surface area contributed by atoms with Crippen LogP contribution in [0.5, 0.6) is 0 Å². The minimum absolute atomic E-state index is 0.221. The third-order valence-corrected chi connectivity index (χ3v) is 4.45. The Hall–Kier alpha value is -4.06. The second-order valence-corrected chi connectivity index (χ2v) is 6.42. The van der Waals surface area contributed by atoms with Crippen molar-refractivity contribution in [1.29, 1.82) is 0 Å². The molecule has 142 valence electrons. The van der Waals surface area contributed by atoms with Crippen LogP contribution >= 0.6 is 0 Å². The van der Waals surface area contributed by atoms with Gasteiger partial charge in [-0.3, -0.25) is 19.6 Å². The van der Waals surface area contributed by atoms with Crippen LogP contribution in [-0.2, 0) is 6.54 Å². The summed E-state index contributed by atoms with van der Waals surface area (Å²) in [6.45, 7) is 0.343. The van der Waals surface area contributed by atoms with E-state index in [-0.39, 0.29) is 11.8 Å². The lowest BCUT2D eigenvalue weighted by atomic mass is 10.1. The normalized spacial score (nSPS) is 10.5. The Morgan fingerprint density at radius 3 is 2.21 bits per heavy atom. The monoisotopic (exact) mass is 382 g/mol. The molecule has 0 aliphatic rings. The van der Waals surface area contributed by atoms with E-state index in [9.17, 15) is 9.59 Å². The fourth-order valence-corrected chi connectivity index (χ4v) is 2.95. The Morgan fingerprint density at radius 2 is 1.45 bits per heavy atom. The van der Waals surface area contributed by atoms with E-state index >= 15 is 0 Å². The Kier molecular flexibility index (Phi) is 5.25. The number of nitrogens with zero attached hydrogens (tertiary/aromatic N) is 2. The number of nitrogens with one attached hydrogen (secondary N) is 2. The topological polar surface area (TPSA) is 84.0 Å². The lowest BCUT2D eigenvalue weighted by Gasteiger charge is -2.09. The van der Waals surface area contributed by atoms with Crippen LogP contribution in [0.1, 0.15) is 26.4 Å². The maximum absolute atomic E-state index is 12.6. The van der Waals surface area contributed by atoms with Gasteiger partial charge < -0.3 is 10.6 Å². The molecular weight excluding hydrogens is 364 g/mol. The number of aromatic nitrogens is 2. The van der Waals surface area contributed by atoms with E-state index in [2.05, 4.69) is 20.6 Å². The minimum Gasteiger partial charge on any atom is -0.346 e. The summed E-state index contributed by atoms with van der Waals surface area (Å²) >= 11 is 0. The van der Waals surface area contributed by atoms with Gasteiger partial charge in [0.1, 0.15) is 0 Å². The third kappa shape index (κ3) is 4.27. The molecule has 0 aliphatic heterocycles. The van der Waals surface area contributed by atoms with Gasteiger partial charge in [-0.15, -0.1) is 0 Å². The molecule has 6 heteroatoms. The highest BCUT2D eigenvalue weighted by atomic mass is 16.2. The van der Waals surface area contributed by atoms with Crippen molar-refractivity contribution in [3.8, 4) is 0 Å². The molecule has 2 aromatic heterocycles. The van der Waals surface area contributed by atoms with Gasteiger partial charge >= 0.3 is 0 Å². The number of para-hydroxylation sites is 1. The number of carbonyl (C=O) groups is 2. The summed E-state index contributed by atoms with van der Waals surface area (Å²) in [6.07, 6.45) is 3.37. The minimum atomic E-state index is -0.261. The third-order valence-electron chi connectivity index (χ3n) is 4.45. The molecule has 0 saturated carbocycles. The molecule has 2 amide bonds. The summed E-state index contributed by atoms with van der Waals surface area (Å²) in [6, 6.07) is 21.5. The first kappa shape index (κ1) is 18.3. The zero-order chi connectivity index (χ0) is 20.1. The average molecular weight is 382 g/mol. The van der Waals surface area contributed by atoms with Gasteiger partial charge in [-0.2, -0.15) is 0 Å². The molecule has 0 spiro atoms. The first-order valence-corrected chi connectivity index (χ1v) is 9.14. The molecule has 2 heterocycles. The van der Waals surface area contributed by atoms with Gasteiger partial charge in [-0.25, -0.2) is 0 Å². The van der Waals surface area contributed by atoms with Gasteiger partial charge in [-0.05, 0) is 48.5 Å². The van der Waals surface area contributed by atoms with Crippen molar-refractivity contribution in [3.63, 3.8) is 0 Å². The number of fused-ring (bicyclic) bond motifs is 1. The second-order valence-electron chi connectivity index (χ2n) is 6.42. The molecule has 6 nitrogen and oxygen atoms in total. The largest absolute Gasteiger partial charge is 0.346 e. The zero-order valence-corrected chi connectivity index (χ0v) is 15.5. The van der Waals surface area contributed by atoms with Crippen molar-refractivity contribution in [2.45, 2.75) is 6.54 Å². The number of anilines is 1.